The van der Waals surface area contributed by atoms with Crippen LogP contribution in [-0.2, 0) is 6.54 Å². The topological polar surface area (TPSA) is 45.8 Å². The maximum absolute atomic E-state index is 11.4. The molecule has 0 amide bonds. The molecule has 0 N–H and O–H groups in total. The van der Waals surface area contributed by atoms with Gasteiger partial charge in [-0.15, -0.1) is 0 Å². The summed E-state index contributed by atoms with van der Waals surface area (Å²) in [5.41, 5.74) is 0.798. The Balaban J connectivity index is 3.48. The third-order valence-corrected chi connectivity index (χ3v) is 1.83. The van der Waals surface area contributed by atoms with Gasteiger partial charge in [0.05, 0.1) is 0 Å². The van der Waals surface area contributed by atoms with Crippen LogP contribution in [-0.4, -0.2) is 4.57 Å². The van der Waals surface area contributed by atoms with Crippen LogP contribution < -0.4 is 5.56 Å². The molecule has 0 aliphatic rings. The Morgan fingerprint density at radius 2 is 2.33 bits per heavy atom. The van der Waals surface area contributed by atoms with Gasteiger partial charge >= 0.3 is 0 Å². The fourth-order valence-electron chi connectivity index (χ4n) is 1.05. The maximum Gasteiger partial charge on any atom is 0.268 e. The first-order chi connectivity index (χ1) is 5.70. The highest BCUT2D eigenvalue weighted by Crippen LogP contribution is 1.99. The summed E-state index contributed by atoms with van der Waals surface area (Å²) in [5, 5.41) is 8.66. The van der Waals surface area contributed by atoms with Gasteiger partial charge in [0.2, 0.25) is 0 Å². The molecule has 1 heterocycles. The summed E-state index contributed by atoms with van der Waals surface area (Å²) in [6, 6.07) is 3.69. The van der Waals surface area contributed by atoms with E-state index in [2.05, 4.69) is 0 Å². The van der Waals surface area contributed by atoms with Crippen LogP contribution in [0, 0.1) is 18.3 Å². The molecule has 12 heavy (non-hydrogen) atoms. The van der Waals surface area contributed by atoms with E-state index in [4.69, 9.17) is 5.26 Å². The van der Waals surface area contributed by atoms with Crippen molar-refractivity contribution in [1.29, 1.82) is 5.26 Å². The van der Waals surface area contributed by atoms with Crippen LogP contribution in [0.1, 0.15) is 18.1 Å². The van der Waals surface area contributed by atoms with Gasteiger partial charge in [-0.1, -0.05) is 0 Å². The number of aromatic nitrogens is 1. The zero-order chi connectivity index (χ0) is 9.14. The largest absolute Gasteiger partial charge is 0.315 e. The smallest absolute Gasteiger partial charge is 0.268 e. The molecule has 0 radical (unpaired) electrons. The van der Waals surface area contributed by atoms with Gasteiger partial charge in [0.25, 0.3) is 5.56 Å². The number of hydrogen-bond donors (Lipinski definition) is 0. The Labute approximate surface area is 70.9 Å². The average Bonchev–Trinajstić information content (AvgIpc) is 2.06. The van der Waals surface area contributed by atoms with E-state index in [1.807, 2.05) is 13.0 Å². The predicted molar refractivity (Wildman–Crippen MR) is 45.8 cm³/mol. The minimum atomic E-state index is -0.194. The molecule has 0 atom stereocenters. The number of nitriles is 1. The van der Waals surface area contributed by atoms with Crippen molar-refractivity contribution in [3.63, 3.8) is 0 Å². The molecule has 0 saturated carbocycles. The van der Waals surface area contributed by atoms with Gasteiger partial charge < -0.3 is 4.57 Å². The first kappa shape index (κ1) is 8.54. The number of pyridine rings is 1. The van der Waals surface area contributed by atoms with Crippen LogP contribution in [0.15, 0.2) is 17.1 Å². The lowest BCUT2D eigenvalue weighted by Crippen LogP contribution is -2.21. The van der Waals surface area contributed by atoms with Gasteiger partial charge in [-0.25, -0.2) is 0 Å². The van der Waals surface area contributed by atoms with E-state index < -0.39 is 0 Å². The highest BCUT2D eigenvalue weighted by atomic mass is 16.1. The summed E-state index contributed by atoms with van der Waals surface area (Å²) in [7, 11) is 0. The molecule has 3 heteroatoms. The highest BCUT2D eigenvalue weighted by Gasteiger charge is 2.03. The van der Waals surface area contributed by atoms with Crippen molar-refractivity contribution in [2.45, 2.75) is 20.4 Å². The predicted octanol–water partition coefficient (Wildman–Crippen LogP) is 1.05. The first-order valence-corrected chi connectivity index (χ1v) is 3.80. The summed E-state index contributed by atoms with van der Waals surface area (Å²) in [4.78, 5) is 11.4. The number of rotatable bonds is 1. The molecule has 0 aliphatic heterocycles. The van der Waals surface area contributed by atoms with Crippen molar-refractivity contribution in [3.05, 3.63) is 33.7 Å². The van der Waals surface area contributed by atoms with Crippen molar-refractivity contribution in [1.82, 2.24) is 4.57 Å². The summed E-state index contributed by atoms with van der Waals surface area (Å²) in [5.74, 6) is 0. The molecule has 0 fully saturated rings. The Morgan fingerprint density at radius 3 is 2.83 bits per heavy atom. The molecule has 62 valence electrons. The number of hydrogen-bond acceptors (Lipinski definition) is 2. The van der Waals surface area contributed by atoms with E-state index in [9.17, 15) is 4.79 Å². The molecule has 1 rings (SSSR count). The van der Waals surface area contributed by atoms with E-state index in [-0.39, 0.29) is 11.1 Å². The van der Waals surface area contributed by atoms with Crippen LogP contribution in [0.5, 0.6) is 0 Å². The number of aryl methyl sites for hydroxylation is 2. The Kier molecular flexibility index (Phi) is 2.29. The van der Waals surface area contributed by atoms with Gasteiger partial charge in [-0.05, 0) is 25.5 Å². The fourth-order valence-corrected chi connectivity index (χ4v) is 1.05. The molecule has 3 nitrogen and oxygen atoms in total. The van der Waals surface area contributed by atoms with Gasteiger partial charge in [-0.2, -0.15) is 5.26 Å². The molecular formula is C9H10N2O. The monoisotopic (exact) mass is 162 g/mol. The van der Waals surface area contributed by atoms with Crippen molar-refractivity contribution >= 4 is 0 Å². The van der Waals surface area contributed by atoms with Crippen LogP contribution >= 0.6 is 0 Å². The van der Waals surface area contributed by atoms with E-state index >= 15 is 0 Å². The summed E-state index contributed by atoms with van der Waals surface area (Å²) >= 11 is 0. The Morgan fingerprint density at radius 1 is 1.67 bits per heavy atom. The molecule has 0 unspecified atom stereocenters. The van der Waals surface area contributed by atoms with E-state index in [1.54, 1.807) is 19.2 Å². The molecule has 1 aromatic rings. The van der Waals surface area contributed by atoms with Gasteiger partial charge in [0.15, 0.2) is 0 Å². The van der Waals surface area contributed by atoms with Crippen LogP contribution in [0.4, 0.5) is 0 Å². The maximum atomic E-state index is 11.4. The van der Waals surface area contributed by atoms with Crippen molar-refractivity contribution in [3.8, 4) is 6.07 Å². The second kappa shape index (κ2) is 3.22. The zero-order valence-corrected chi connectivity index (χ0v) is 7.16. The Hall–Kier alpha value is -1.56. The minimum Gasteiger partial charge on any atom is -0.315 e. The van der Waals surface area contributed by atoms with E-state index in [1.165, 1.54) is 4.57 Å². The standard InChI is InChI=1S/C9H10N2O/c1-3-11-5-4-7(2)8(6-10)9(11)12/h4-5H,3H2,1-2H3. The second-order valence-corrected chi connectivity index (χ2v) is 2.58. The summed E-state index contributed by atoms with van der Waals surface area (Å²) in [6.45, 7) is 4.24. The van der Waals surface area contributed by atoms with Crippen molar-refractivity contribution < 1.29 is 0 Å². The highest BCUT2D eigenvalue weighted by molar-refractivity contribution is 5.33. The first-order valence-electron chi connectivity index (χ1n) is 3.80. The molecule has 0 aliphatic carbocycles. The lowest BCUT2D eigenvalue weighted by Gasteiger charge is -2.02. The summed E-state index contributed by atoms with van der Waals surface area (Å²) < 4.78 is 1.52. The lowest BCUT2D eigenvalue weighted by atomic mass is 10.2. The fraction of sp³-hybridized carbons (Fsp3) is 0.333. The second-order valence-electron chi connectivity index (χ2n) is 2.58. The minimum absolute atomic E-state index is 0.194. The summed E-state index contributed by atoms with van der Waals surface area (Å²) in [6.07, 6.45) is 1.71. The van der Waals surface area contributed by atoms with Crippen molar-refractivity contribution in [2.24, 2.45) is 0 Å². The molecule has 1 aromatic heterocycles. The van der Waals surface area contributed by atoms with Gasteiger partial charge in [-0.3, -0.25) is 4.79 Å². The third-order valence-electron chi connectivity index (χ3n) is 1.83. The quantitative estimate of drug-likeness (QED) is 0.619. The van der Waals surface area contributed by atoms with E-state index in [0.717, 1.165) is 5.56 Å². The zero-order valence-electron chi connectivity index (χ0n) is 7.16. The third kappa shape index (κ3) is 1.24. The van der Waals surface area contributed by atoms with Gasteiger partial charge in [0.1, 0.15) is 11.6 Å². The Bertz CT molecular complexity index is 384. The lowest BCUT2D eigenvalue weighted by molar-refractivity contribution is 0.722. The average molecular weight is 162 g/mol. The molecule has 0 saturated heterocycles. The number of nitrogens with zero attached hydrogens (tertiary/aromatic N) is 2. The van der Waals surface area contributed by atoms with Crippen LogP contribution in [0.25, 0.3) is 0 Å². The van der Waals surface area contributed by atoms with Crippen molar-refractivity contribution in [2.75, 3.05) is 0 Å². The molecular weight excluding hydrogens is 152 g/mol. The molecule has 0 spiro atoms. The van der Waals surface area contributed by atoms with Crippen LogP contribution in [0.2, 0.25) is 0 Å². The molecule has 0 aromatic carbocycles. The molecule has 0 bridgehead atoms. The SMILES string of the molecule is CCn1ccc(C)c(C#N)c1=O. The van der Waals surface area contributed by atoms with E-state index in [0.29, 0.717) is 6.54 Å². The normalized spacial score (nSPS) is 9.42. The van der Waals surface area contributed by atoms with Crippen LogP contribution in [0.3, 0.4) is 0 Å². The van der Waals surface area contributed by atoms with Gasteiger partial charge in [0, 0.05) is 12.7 Å².